The molecule has 0 aromatic heterocycles. The van der Waals surface area contributed by atoms with Gasteiger partial charge in [0.05, 0.1) is 6.54 Å². The fourth-order valence-corrected chi connectivity index (χ4v) is 3.62. The van der Waals surface area contributed by atoms with E-state index >= 15 is 0 Å². The Morgan fingerprint density at radius 3 is 2.27 bits per heavy atom. The van der Waals surface area contributed by atoms with E-state index in [0.29, 0.717) is 31.0 Å². The molecule has 2 fully saturated rings. The average molecular weight is 378 g/mol. The topological polar surface area (TPSA) is 69.7 Å². The van der Waals surface area contributed by atoms with E-state index in [-0.39, 0.29) is 24.4 Å². The number of rotatable bonds is 2. The lowest BCUT2D eigenvalue weighted by Crippen LogP contribution is -2.57. The first-order valence-corrected chi connectivity index (χ1v) is 9.18. The second-order valence-corrected chi connectivity index (χ2v) is 8.51. The van der Waals surface area contributed by atoms with Crippen molar-refractivity contribution < 1.29 is 14.4 Å². The molecule has 26 heavy (non-hydrogen) atoms. The Morgan fingerprint density at radius 1 is 1.15 bits per heavy atom. The Bertz CT molecular complexity index is 731. The number of nitrogens with one attached hydrogen (secondary N) is 1. The molecule has 2 saturated heterocycles. The van der Waals surface area contributed by atoms with Crippen LogP contribution in [0.15, 0.2) is 24.3 Å². The first-order valence-electron chi connectivity index (χ1n) is 8.80. The van der Waals surface area contributed by atoms with E-state index in [1.54, 1.807) is 29.2 Å². The minimum absolute atomic E-state index is 0.0714. The number of piperidine rings is 1. The summed E-state index contributed by atoms with van der Waals surface area (Å²) in [7, 11) is 0. The quantitative estimate of drug-likeness (QED) is 0.806. The van der Waals surface area contributed by atoms with Crippen LogP contribution in [0.25, 0.3) is 0 Å². The van der Waals surface area contributed by atoms with Crippen LogP contribution in [-0.2, 0) is 16.1 Å². The summed E-state index contributed by atoms with van der Waals surface area (Å²) in [6.07, 6.45) is 0.882. The number of nitrogens with zero attached hydrogens (tertiary/aromatic N) is 2. The van der Waals surface area contributed by atoms with Crippen LogP contribution in [-0.4, -0.2) is 46.3 Å². The summed E-state index contributed by atoms with van der Waals surface area (Å²) in [5.74, 6) is -0.137. The van der Waals surface area contributed by atoms with E-state index in [9.17, 15) is 14.4 Å². The highest BCUT2D eigenvalue weighted by atomic mass is 35.5. The number of likely N-dealkylation sites (tertiary alicyclic amines) is 1. The van der Waals surface area contributed by atoms with Gasteiger partial charge in [-0.2, -0.15) is 0 Å². The number of hydrogen-bond donors (Lipinski definition) is 1. The lowest BCUT2D eigenvalue weighted by Gasteiger charge is -2.39. The number of benzene rings is 1. The first kappa shape index (κ1) is 18.7. The van der Waals surface area contributed by atoms with Gasteiger partial charge in [0.1, 0.15) is 5.54 Å². The van der Waals surface area contributed by atoms with Crippen LogP contribution < -0.4 is 5.32 Å². The molecule has 1 aromatic carbocycles. The molecule has 1 spiro atoms. The van der Waals surface area contributed by atoms with Crippen LogP contribution in [0.1, 0.15) is 39.2 Å². The van der Waals surface area contributed by atoms with Crippen molar-refractivity contribution in [3.63, 3.8) is 0 Å². The predicted octanol–water partition coefficient (Wildman–Crippen LogP) is 2.80. The SMILES string of the molecule is CC(C)(C)C(=O)N1CCC2(CC1)NC(=O)N(Cc1ccc(Cl)cc1)C2=O. The van der Waals surface area contributed by atoms with Gasteiger partial charge < -0.3 is 10.2 Å². The highest BCUT2D eigenvalue weighted by Gasteiger charge is 2.52. The second kappa shape index (κ2) is 6.58. The molecule has 0 saturated carbocycles. The van der Waals surface area contributed by atoms with Crippen molar-refractivity contribution in [2.45, 2.75) is 45.7 Å². The molecule has 0 aliphatic carbocycles. The Labute approximate surface area is 158 Å². The third-order valence-electron chi connectivity index (χ3n) is 5.05. The summed E-state index contributed by atoms with van der Waals surface area (Å²) < 4.78 is 0. The Morgan fingerprint density at radius 2 is 1.73 bits per heavy atom. The number of amides is 4. The minimum atomic E-state index is -0.891. The molecule has 1 N–H and O–H groups in total. The van der Waals surface area contributed by atoms with E-state index in [1.807, 2.05) is 20.8 Å². The molecular weight excluding hydrogens is 354 g/mol. The number of carbonyl (C=O) groups is 3. The van der Waals surface area contributed by atoms with Crippen molar-refractivity contribution in [1.29, 1.82) is 0 Å². The van der Waals surface area contributed by atoms with Crippen LogP contribution >= 0.6 is 11.6 Å². The van der Waals surface area contributed by atoms with Crippen molar-refractivity contribution >= 4 is 29.4 Å². The zero-order valence-corrected chi connectivity index (χ0v) is 16.1. The van der Waals surface area contributed by atoms with Crippen LogP contribution in [0.2, 0.25) is 5.02 Å². The van der Waals surface area contributed by atoms with E-state index in [1.165, 1.54) is 4.90 Å². The standard InChI is InChI=1S/C19H24ClN3O3/c1-18(2,3)15(24)22-10-8-19(9-11-22)16(25)23(17(26)21-19)12-13-4-6-14(20)7-5-13/h4-7H,8-12H2,1-3H3,(H,21,26). The zero-order chi connectivity index (χ0) is 19.1. The van der Waals surface area contributed by atoms with Crippen molar-refractivity contribution in [3.8, 4) is 0 Å². The summed E-state index contributed by atoms with van der Waals surface area (Å²) in [4.78, 5) is 40.8. The average Bonchev–Trinajstić information content (AvgIpc) is 2.80. The van der Waals surface area contributed by atoms with Crippen LogP contribution in [0, 0.1) is 5.41 Å². The van der Waals surface area contributed by atoms with E-state index in [2.05, 4.69) is 5.32 Å². The van der Waals surface area contributed by atoms with Gasteiger partial charge in [-0.1, -0.05) is 44.5 Å². The molecule has 2 aliphatic rings. The van der Waals surface area contributed by atoms with Gasteiger partial charge in [-0.05, 0) is 30.5 Å². The maximum atomic E-state index is 13.0. The monoisotopic (exact) mass is 377 g/mol. The molecule has 4 amide bonds. The molecule has 1 aromatic rings. The van der Waals surface area contributed by atoms with Gasteiger partial charge in [-0.25, -0.2) is 4.79 Å². The van der Waals surface area contributed by atoms with Crippen molar-refractivity contribution in [1.82, 2.24) is 15.1 Å². The Hall–Kier alpha value is -2.08. The van der Waals surface area contributed by atoms with Gasteiger partial charge in [-0.15, -0.1) is 0 Å². The van der Waals surface area contributed by atoms with Gasteiger partial charge in [0, 0.05) is 23.5 Å². The smallest absolute Gasteiger partial charge is 0.325 e. The van der Waals surface area contributed by atoms with Gasteiger partial charge >= 0.3 is 6.03 Å². The fraction of sp³-hybridized carbons (Fsp3) is 0.526. The number of imide groups is 1. The molecule has 140 valence electrons. The Balaban J connectivity index is 1.69. The largest absolute Gasteiger partial charge is 0.342 e. The van der Waals surface area contributed by atoms with Gasteiger partial charge in [0.2, 0.25) is 5.91 Å². The lowest BCUT2D eigenvalue weighted by molar-refractivity contribution is -0.144. The molecule has 7 heteroatoms. The summed E-state index contributed by atoms with van der Waals surface area (Å²) in [6.45, 7) is 6.81. The molecule has 0 bridgehead atoms. The lowest BCUT2D eigenvalue weighted by atomic mass is 9.85. The first-order chi connectivity index (χ1) is 12.1. The molecule has 0 unspecified atom stereocenters. The molecule has 2 heterocycles. The highest BCUT2D eigenvalue weighted by Crippen LogP contribution is 2.32. The third kappa shape index (κ3) is 3.43. The number of urea groups is 1. The van der Waals surface area contributed by atoms with Crippen LogP contribution in [0.3, 0.4) is 0 Å². The summed E-state index contributed by atoms with van der Waals surface area (Å²) in [5, 5.41) is 3.48. The van der Waals surface area contributed by atoms with Gasteiger partial charge in [-0.3, -0.25) is 14.5 Å². The number of carbonyl (C=O) groups excluding carboxylic acids is 3. The maximum Gasteiger partial charge on any atom is 0.325 e. The van der Waals surface area contributed by atoms with Gasteiger partial charge in [0.25, 0.3) is 5.91 Å². The van der Waals surface area contributed by atoms with Crippen molar-refractivity contribution in [2.24, 2.45) is 5.41 Å². The number of hydrogen-bond acceptors (Lipinski definition) is 3. The fourth-order valence-electron chi connectivity index (χ4n) is 3.50. The Kier molecular flexibility index (Phi) is 4.73. The van der Waals surface area contributed by atoms with Crippen molar-refractivity contribution in [2.75, 3.05) is 13.1 Å². The number of halogens is 1. The highest BCUT2D eigenvalue weighted by molar-refractivity contribution is 6.30. The zero-order valence-electron chi connectivity index (χ0n) is 15.3. The molecule has 0 radical (unpaired) electrons. The predicted molar refractivity (Wildman–Crippen MR) is 98.5 cm³/mol. The molecule has 3 rings (SSSR count). The minimum Gasteiger partial charge on any atom is -0.342 e. The molecular formula is C19H24ClN3O3. The second-order valence-electron chi connectivity index (χ2n) is 8.07. The van der Waals surface area contributed by atoms with Gasteiger partial charge in [0.15, 0.2) is 0 Å². The summed E-state index contributed by atoms with van der Waals surface area (Å²) in [6, 6.07) is 6.71. The third-order valence-corrected chi connectivity index (χ3v) is 5.30. The van der Waals surface area contributed by atoms with Crippen LogP contribution in [0.4, 0.5) is 4.79 Å². The molecule has 2 aliphatic heterocycles. The van der Waals surface area contributed by atoms with E-state index in [0.717, 1.165) is 5.56 Å². The molecule has 6 nitrogen and oxygen atoms in total. The molecule has 0 atom stereocenters. The van der Waals surface area contributed by atoms with Crippen LogP contribution in [0.5, 0.6) is 0 Å². The van der Waals surface area contributed by atoms with Crippen molar-refractivity contribution in [3.05, 3.63) is 34.9 Å². The van der Waals surface area contributed by atoms with E-state index in [4.69, 9.17) is 11.6 Å². The normalized spacial score (nSPS) is 19.8. The summed E-state index contributed by atoms with van der Waals surface area (Å²) >= 11 is 5.88. The van der Waals surface area contributed by atoms with E-state index < -0.39 is 11.0 Å². The maximum absolute atomic E-state index is 13.0. The summed E-state index contributed by atoms with van der Waals surface area (Å²) in [5.41, 5.74) is -0.498.